The van der Waals surface area contributed by atoms with Crippen LogP contribution in [-0.4, -0.2) is 23.2 Å². The summed E-state index contributed by atoms with van der Waals surface area (Å²) < 4.78 is 37.4. The molecule has 1 heterocycles. The van der Waals surface area contributed by atoms with Crippen LogP contribution in [0.2, 0.25) is 0 Å². The molecule has 0 aliphatic rings. The molecule has 0 saturated carbocycles. The van der Waals surface area contributed by atoms with Gasteiger partial charge in [-0.05, 0) is 18.6 Å². The summed E-state index contributed by atoms with van der Waals surface area (Å²) in [5.74, 6) is -0.147. The minimum Gasteiger partial charge on any atom is -0.297 e. The molecule has 0 unspecified atom stereocenters. The van der Waals surface area contributed by atoms with Crippen molar-refractivity contribution < 1.29 is 12.8 Å². The van der Waals surface area contributed by atoms with Crippen LogP contribution in [0.25, 0.3) is 11.4 Å². The molecule has 0 fully saturated rings. The highest BCUT2D eigenvalue weighted by Gasteiger charge is 2.21. The van der Waals surface area contributed by atoms with Gasteiger partial charge in [0.2, 0.25) is 0 Å². The van der Waals surface area contributed by atoms with E-state index in [1.807, 2.05) is 6.92 Å². The lowest BCUT2D eigenvalue weighted by Crippen LogP contribution is -2.19. The minimum absolute atomic E-state index is 0.283. The predicted octanol–water partition coefficient (Wildman–Crippen LogP) is 1.14. The van der Waals surface area contributed by atoms with Crippen molar-refractivity contribution in [2.45, 2.75) is 25.0 Å². The Bertz CT molecular complexity index is 696. The van der Waals surface area contributed by atoms with Gasteiger partial charge in [0.1, 0.15) is 5.82 Å². The maximum Gasteiger partial charge on any atom is 0.273 e. The number of benzene rings is 1. The molecule has 0 spiro atoms. The summed E-state index contributed by atoms with van der Waals surface area (Å²) in [5, 5.41) is 12.2. The van der Waals surface area contributed by atoms with Gasteiger partial charge in [-0.25, -0.2) is 17.9 Å². The zero-order valence-corrected chi connectivity index (χ0v) is 11.1. The first-order chi connectivity index (χ1) is 8.93. The first-order valence-corrected chi connectivity index (χ1v) is 7.20. The van der Waals surface area contributed by atoms with Gasteiger partial charge in [-0.3, -0.25) is 4.57 Å². The van der Waals surface area contributed by atoms with E-state index in [4.69, 9.17) is 5.14 Å². The Labute approximate surface area is 110 Å². The molecule has 1 aromatic heterocycles. The standard InChI is InChI=1S/C11H13FN4O2S/c1-2-6-16-10(8-4-3-5-9(12)7-8)14-15-11(16)19(13,17)18/h3-5,7H,2,6H2,1H3,(H2,13,17,18). The predicted molar refractivity (Wildman–Crippen MR) is 67.1 cm³/mol. The van der Waals surface area contributed by atoms with Gasteiger partial charge >= 0.3 is 0 Å². The highest BCUT2D eigenvalue weighted by molar-refractivity contribution is 7.89. The Morgan fingerprint density at radius 2 is 2.11 bits per heavy atom. The van der Waals surface area contributed by atoms with Gasteiger partial charge in [-0.15, -0.1) is 10.2 Å². The molecule has 0 bridgehead atoms. The minimum atomic E-state index is -3.96. The number of nitrogens with two attached hydrogens (primary N) is 1. The van der Waals surface area contributed by atoms with Gasteiger partial charge in [0, 0.05) is 12.1 Å². The Morgan fingerprint density at radius 3 is 2.68 bits per heavy atom. The van der Waals surface area contributed by atoms with Gasteiger partial charge in [0.05, 0.1) is 0 Å². The lowest BCUT2D eigenvalue weighted by atomic mass is 10.2. The molecule has 2 rings (SSSR count). The van der Waals surface area contributed by atoms with Crippen LogP contribution in [0.1, 0.15) is 13.3 Å². The highest BCUT2D eigenvalue weighted by Crippen LogP contribution is 2.21. The Balaban J connectivity index is 2.62. The second-order valence-corrected chi connectivity index (χ2v) is 5.47. The van der Waals surface area contributed by atoms with Crippen LogP contribution in [0, 0.1) is 5.82 Å². The lowest BCUT2D eigenvalue weighted by Gasteiger charge is -2.07. The summed E-state index contributed by atoms with van der Waals surface area (Å²) in [7, 11) is -3.96. The summed E-state index contributed by atoms with van der Waals surface area (Å²) in [4.78, 5) is 0. The number of hydrogen-bond donors (Lipinski definition) is 1. The largest absolute Gasteiger partial charge is 0.297 e. The van der Waals surface area contributed by atoms with Crippen molar-refractivity contribution in [3.63, 3.8) is 0 Å². The fourth-order valence-electron chi connectivity index (χ4n) is 1.77. The van der Waals surface area contributed by atoms with Crippen LogP contribution in [0.4, 0.5) is 4.39 Å². The molecule has 0 saturated heterocycles. The van der Waals surface area contributed by atoms with Crippen LogP contribution in [-0.2, 0) is 16.6 Å². The van der Waals surface area contributed by atoms with Crippen LogP contribution < -0.4 is 5.14 Å². The lowest BCUT2D eigenvalue weighted by molar-refractivity contribution is 0.559. The molecule has 2 aromatic rings. The van der Waals surface area contributed by atoms with Gasteiger partial charge in [0.15, 0.2) is 5.82 Å². The molecule has 8 heteroatoms. The summed E-state index contributed by atoms with van der Waals surface area (Å²) in [6, 6.07) is 5.71. The average molecular weight is 284 g/mol. The molecular weight excluding hydrogens is 271 g/mol. The molecule has 6 nitrogen and oxygen atoms in total. The molecular formula is C11H13FN4O2S. The Kier molecular flexibility index (Phi) is 3.63. The van der Waals surface area contributed by atoms with E-state index in [1.54, 1.807) is 6.07 Å². The third-order valence-corrected chi connectivity index (χ3v) is 3.31. The maximum absolute atomic E-state index is 13.2. The fourth-order valence-corrected chi connectivity index (χ4v) is 2.41. The van der Waals surface area contributed by atoms with Gasteiger partial charge in [-0.1, -0.05) is 19.1 Å². The SMILES string of the molecule is CCCn1c(-c2cccc(F)c2)nnc1S(N)(=O)=O. The fraction of sp³-hybridized carbons (Fsp3) is 0.273. The van der Waals surface area contributed by atoms with Crippen molar-refractivity contribution in [2.75, 3.05) is 0 Å². The van der Waals surface area contributed by atoms with E-state index in [0.29, 0.717) is 18.5 Å². The molecule has 0 amide bonds. The van der Waals surface area contributed by atoms with Gasteiger partial charge in [0.25, 0.3) is 15.2 Å². The Morgan fingerprint density at radius 1 is 1.37 bits per heavy atom. The smallest absolute Gasteiger partial charge is 0.273 e. The number of halogens is 1. The van der Waals surface area contributed by atoms with Crippen LogP contribution in [0.5, 0.6) is 0 Å². The second-order valence-electron chi connectivity index (χ2n) is 4.01. The van der Waals surface area contributed by atoms with Crippen molar-refractivity contribution in [1.82, 2.24) is 14.8 Å². The molecule has 1 aromatic carbocycles. The summed E-state index contributed by atoms with van der Waals surface area (Å²) in [6.45, 7) is 2.26. The topological polar surface area (TPSA) is 90.9 Å². The number of rotatable bonds is 4. The number of primary sulfonamides is 1. The quantitative estimate of drug-likeness (QED) is 0.911. The normalized spacial score (nSPS) is 11.7. The van der Waals surface area contributed by atoms with E-state index in [2.05, 4.69) is 10.2 Å². The summed E-state index contributed by atoms with van der Waals surface area (Å²) >= 11 is 0. The van der Waals surface area contributed by atoms with E-state index in [0.717, 1.165) is 0 Å². The number of hydrogen-bond acceptors (Lipinski definition) is 4. The molecule has 0 aliphatic heterocycles. The Hall–Kier alpha value is -1.80. The molecule has 102 valence electrons. The molecule has 2 N–H and O–H groups in total. The van der Waals surface area contributed by atoms with Crippen molar-refractivity contribution in [3.8, 4) is 11.4 Å². The summed E-state index contributed by atoms with van der Waals surface area (Å²) in [5.41, 5.74) is 0.454. The van der Waals surface area contributed by atoms with E-state index in [9.17, 15) is 12.8 Å². The second kappa shape index (κ2) is 5.06. The first-order valence-electron chi connectivity index (χ1n) is 5.65. The molecule has 0 atom stereocenters. The maximum atomic E-state index is 13.2. The zero-order valence-electron chi connectivity index (χ0n) is 10.2. The van der Waals surface area contributed by atoms with Crippen molar-refractivity contribution in [2.24, 2.45) is 5.14 Å². The third kappa shape index (κ3) is 2.79. The van der Waals surface area contributed by atoms with Gasteiger partial charge < -0.3 is 0 Å². The average Bonchev–Trinajstić information content (AvgIpc) is 2.73. The molecule has 0 radical (unpaired) electrons. The third-order valence-electron chi connectivity index (χ3n) is 2.50. The van der Waals surface area contributed by atoms with E-state index in [1.165, 1.54) is 22.8 Å². The van der Waals surface area contributed by atoms with Crippen LogP contribution in [0.15, 0.2) is 29.4 Å². The zero-order chi connectivity index (χ0) is 14.0. The van der Waals surface area contributed by atoms with Gasteiger partial charge in [-0.2, -0.15) is 0 Å². The highest BCUT2D eigenvalue weighted by atomic mass is 32.2. The molecule has 19 heavy (non-hydrogen) atoms. The number of nitrogens with zero attached hydrogens (tertiary/aromatic N) is 3. The molecule has 0 aliphatic carbocycles. The number of aromatic nitrogens is 3. The first kappa shape index (κ1) is 13.6. The summed E-state index contributed by atoms with van der Waals surface area (Å²) in [6.07, 6.45) is 0.670. The van der Waals surface area contributed by atoms with Crippen LogP contribution in [0.3, 0.4) is 0 Å². The van der Waals surface area contributed by atoms with Crippen molar-refractivity contribution in [3.05, 3.63) is 30.1 Å². The van der Waals surface area contributed by atoms with Crippen molar-refractivity contribution >= 4 is 10.0 Å². The van der Waals surface area contributed by atoms with Crippen LogP contribution >= 0.6 is 0 Å². The monoisotopic (exact) mass is 284 g/mol. The van der Waals surface area contributed by atoms with Crippen molar-refractivity contribution in [1.29, 1.82) is 0 Å². The van der Waals surface area contributed by atoms with E-state index < -0.39 is 15.8 Å². The van der Waals surface area contributed by atoms with E-state index >= 15 is 0 Å². The van der Waals surface area contributed by atoms with E-state index in [-0.39, 0.29) is 11.0 Å². The number of sulfonamides is 1.